The molecule has 1 aliphatic carbocycles. The SMILES string of the molecule is CC.CC.[B]c1cc(C2CCC(C)CC2)cc([B])c1C.[B]c1cc([B])c2c(N)cc(C)cc2c1. The van der Waals surface area contributed by atoms with Crippen molar-refractivity contribution in [2.24, 2.45) is 5.92 Å². The molecule has 4 rings (SSSR count). The van der Waals surface area contributed by atoms with Crippen molar-refractivity contribution >= 4 is 69.7 Å². The maximum Gasteiger partial charge on any atom is 0.114 e. The van der Waals surface area contributed by atoms with Gasteiger partial charge in [0.05, 0.1) is 0 Å². The summed E-state index contributed by atoms with van der Waals surface area (Å²) in [5.41, 5.74) is 13.1. The molecular weight excluding hydrogens is 406 g/mol. The van der Waals surface area contributed by atoms with Gasteiger partial charge in [-0.2, -0.15) is 0 Å². The molecular formula is C29H39B4N. The largest absolute Gasteiger partial charge is 0.398 e. The molecule has 1 saturated carbocycles. The van der Waals surface area contributed by atoms with Crippen LogP contribution in [0, 0.1) is 19.8 Å². The number of hydrogen-bond donors (Lipinski definition) is 1. The molecule has 5 heteroatoms. The normalized spacial score (nSPS) is 16.8. The lowest BCUT2D eigenvalue weighted by atomic mass is 9.74. The molecule has 0 spiro atoms. The Morgan fingerprint density at radius 1 is 0.706 bits per heavy atom. The molecule has 0 aromatic heterocycles. The van der Waals surface area contributed by atoms with Crippen LogP contribution in [-0.4, -0.2) is 31.4 Å². The molecule has 1 nitrogen and oxygen atoms in total. The van der Waals surface area contributed by atoms with E-state index in [-0.39, 0.29) is 0 Å². The minimum Gasteiger partial charge on any atom is -0.398 e. The third kappa shape index (κ3) is 8.03. The first-order valence-electron chi connectivity index (χ1n) is 12.7. The van der Waals surface area contributed by atoms with Crippen molar-refractivity contribution in [1.82, 2.24) is 0 Å². The van der Waals surface area contributed by atoms with Crippen LogP contribution in [0.4, 0.5) is 5.69 Å². The van der Waals surface area contributed by atoms with Gasteiger partial charge in [-0.3, -0.25) is 0 Å². The van der Waals surface area contributed by atoms with Gasteiger partial charge in [-0.1, -0.05) is 105 Å². The van der Waals surface area contributed by atoms with E-state index in [9.17, 15) is 0 Å². The smallest absolute Gasteiger partial charge is 0.114 e. The summed E-state index contributed by atoms with van der Waals surface area (Å²) in [6.45, 7) is 14.3. The second-order valence-electron chi connectivity index (χ2n) is 8.84. The summed E-state index contributed by atoms with van der Waals surface area (Å²) in [7, 11) is 23.5. The Morgan fingerprint density at radius 3 is 1.76 bits per heavy atom. The Balaban J connectivity index is 0.000000299. The lowest BCUT2D eigenvalue weighted by Crippen LogP contribution is -2.23. The average Bonchev–Trinajstić information content (AvgIpc) is 2.80. The van der Waals surface area contributed by atoms with Crippen LogP contribution in [0.2, 0.25) is 0 Å². The van der Waals surface area contributed by atoms with Crippen molar-refractivity contribution in [1.29, 1.82) is 0 Å². The van der Waals surface area contributed by atoms with E-state index >= 15 is 0 Å². The first-order chi connectivity index (χ1) is 16.2. The maximum atomic E-state index is 5.98. The fourth-order valence-electron chi connectivity index (χ4n) is 4.38. The van der Waals surface area contributed by atoms with Crippen molar-refractivity contribution in [3.63, 3.8) is 0 Å². The highest BCUT2D eigenvalue weighted by Gasteiger charge is 2.20. The van der Waals surface area contributed by atoms with Gasteiger partial charge in [-0.15, -0.1) is 0 Å². The Hall–Kier alpha value is -2.02. The number of nitrogens with two attached hydrogens (primary N) is 1. The molecule has 1 fully saturated rings. The Morgan fingerprint density at radius 2 is 1.24 bits per heavy atom. The third-order valence-corrected chi connectivity index (χ3v) is 6.27. The predicted molar refractivity (Wildman–Crippen MR) is 159 cm³/mol. The number of rotatable bonds is 1. The molecule has 0 heterocycles. The first kappa shape index (κ1) is 30.0. The zero-order chi connectivity index (χ0) is 26.0. The summed E-state index contributed by atoms with van der Waals surface area (Å²) < 4.78 is 0. The minimum absolute atomic E-state index is 0.637. The van der Waals surface area contributed by atoms with E-state index in [2.05, 4.69) is 19.1 Å². The van der Waals surface area contributed by atoms with Crippen LogP contribution in [0.1, 0.15) is 82.9 Å². The van der Waals surface area contributed by atoms with E-state index in [1.54, 1.807) is 6.07 Å². The monoisotopic (exact) mass is 445 g/mol. The molecule has 0 atom stereocenters. The maximum absolute atomic E-state index is 5.98. The molecule has 0 amide bonds. The van der Waals surface area contributed by atoms with Gasteiger partial charge < -0.3 is 5.73 Å². The Kier molecular flexibility index (Phi) is 12.7. The highest BCUT2D eigenvalue weighted by Crippen LogP contribution is 2.34. The molecule has 0 aliphatic heterocycles. The molecule has 0 saturated heterocycles. The molecule has 2 N–H and O–H groups in total. The summed E-state index contributed by atoms with van der Waals surface area (Å²) in [6, 6.07) is 11.8. The summed E-state index contributed by atoms with van der Waals surface area (Å²) in [5, 5.41) is 1.89. The van der Waals surface area contributed by atoms with Gasteiger partial charge in [0, 0.05) is 5.69 Å². The molecule has 3 aromatic carbocycles. The lowest BCUT2D eigenvalue weighted by Gasteiger charge is -2.27. The number of nitrogen functional groups attached to an aromatic ring is 1. The van der Waals surface area contributed by atoms with Gasteiger partial charge in [-0.25, -0.2) is 0 Å². The second-order valence-corrected chi connectivity index (χ2v) is 8.84. The van der Waals surface area contributed by atoms with E-state index in [1.165, 1.54) is 31.2 Å². The van der Waals surface area contributed by atoms with Crippen LogP contribution in [0.25, 0.3) is 10.8 Å². The van der Waals surface area contributed by atoms with Crippen LogP contribution in [-0.2, 0) is 0 Å². The van der Waals surface area contributed by atoms with Gasteiger partial charge >= 0.3 is 0 Å². The fraction of sp³-hybridized carbons (Fsp3) is 0.448. The lowest BCUT2D eigenvalue weighted by molar-refractivity contribution is 0.348. The quantitative estimate of drug-likeness (QED) is 0.441. The average molecular weight is 445 g/mol. The molecule has 34 heavy (non-hydrogen) atoms. The summed E-state index contributed by atoms with van der Waals surface area (Å²) in [4.78, 5) is 0. The van der Waals surface area contributed by atoms with Gasteiger partial charge in [0.1, 0.15) is 31.4 Å². The molecule has 8 radical (unpaired) electrons. The topological polar surface area (TPSA) is 26.0 Å². The zero-order valence-corrected chi connectivity index (χ0v) is 22.3. The Bertz CT molecular complexity index is 988. The molecule has 1 aliphatic rings. The van der Waals surface area contributed by atoms with Crippen LogP contribution in [0.3, 0.4) is 0 Å². The summed E-state index contributed by atoms with van der Waals surface area (Å²) in [5.74, 6) is 1.55. The Labute approximate surface area is 214 Å². The van der Waals surface area contributed by atoms with E-state index in [4.69, 9.17) is 37.1 Å². The highest BCUT2D eigenvalue weighted by molar-refractivity contribution is 6.44. The van der Waals surface area contributed by atoms with E-state index < -0.39 is 0 Å². The fourth-order valence-corrected chi connectivity index (χ4v) is 4.38. The number of aryl methyl sites for hydroxylation is 1. The molecule has 0 bridgehead atoms. The van der Waals surface area contributed by atoms with Crippen LogP contribution >= 0.6 is 0 Å². The molecule has 3 aromatic rings. The summed E-state index contributed by atoms with van der Waals surface area (Å²) in [6.07, 6.45) is 5.23. The number of anilines is 1. The zero-order valence-electron chi connectivity index (χ0n) is 22.3. The van der Waals surface area contributed by atoms with E-state index in [0.29, 0.717) is 22.5 Å². The van der Waals surface area contributed by atoms with Crippen molar-refractivity contribution in [2.45, 2.75) is 80.1 Å². The van der Waals surface area contributed by atoms with Crippen molar-refractivity contribution < 1.29 is 0 Å². The summed E-state index contributed by atoms with van der Waals surface area (Å²) >= 11 is 0. The van der Waals surface area contributed by atoms with Crippen LogP contribution in [0.15, 0.2) is 36.4 Å². The number of benzene rings is 3. The van der Waals surface area contributed by atoms with E-state index in [1.807, 2.05) is 59.7 Å². The van der Waals surface area contributed by atoms with Gasteiger partial charge in [0.25, 0.3) is 0 Å². The predicted octanol–water partition coefficient (Wildman–Crippen LogP) is 4.25. The number of hydrogen-bond acceptors (Lipinski definition) is 1. The van der Waals surface area contributed by atoms with Gasteiger partial charge in [0.15, 0.2) is 0 Å². The van der Waals surface area contributed by atoms with Gasteiger partial charge in [0.2, 0.25) is 0 Å². The van der Waals surface area contributed by atoms with E-state index in [0.717, 1.165) is 38.7 Å². The van der Waals surface area contributed by atoms with Crippen LogP contribution in [0.5, 0.6) is 0 Å². The van der Waals surface area contributed by atoms with Crippen molar-refractivity contribution in [2.75, 3.05) is 5.73 Å². The standard InChI is InChI=1S/C14H18B2.C11H9B2N.2C2H6/c1-9-3-5-11(6-4-9)12-7-13(15)10(2)14(16)8-12;1-6-2-7-4-8(12)5-9(13)11(7)10(14)3-6;2*1-2/h7-9,11H,3-6H2,1-2H3;2-5H,14H2,1H3;2*1-2H3. The molecule has 0 unspecified atom stereocenters. The minimum atomic E-state index is 0.637. The van der Waals surface area contributed by atoms with Crippen molar-refractivity contribution in [3.05, 3.63) is 53.1 Å². The number of fused-ring (bicyclic) bond motifs is 1. The molecule has 172 valence electrons. The van der Waals surface area contributed by atoms with Gasteiger partial charge in [-0.05, 0) is 66.5 Å². The first-order valence-corrected chi connectivity index (χ1v) is 12.7. The third-order valence-electron chi connectivity index (χ3n) is 6.27. The second kappa shape index (κ2) is 14.4. The van der Waals surface area contributed by atoms with Crippen molar-refractivity contribution in [3.8, 4) is 0 Å². The van der Waals surface area contributed by atoms with Crippen LogP contribution < -0.4 is 27.6 Å². The highest BCUT2D eigenvalue weighted by atomic mass is 14.6.